The molecule has 1 aliphatic heterocycles. The summed E-state index contributed by atoms with van der Waals surface area (Å²) in [6.45, 7) is 0.0333. The van der Waals surface area contributed by atoms with Crippen molar-refractivity contribution in [1.82, 2.24) is 5.43 Å². The lowest BCUT2D eigenvalue weighted by Crippen LogP contribution is -2.50. The minimum absolute atomic E-state index is 0.0333. The van der Waals surface area contributed by atoms with E-state index in [1.807, 2.05) is 24.3 Å². The van der Waals surface area contributed by atoms with Gasteiger partial charge in [-0.3, -0.25) is 4.79 Å². The molecule has 1 aromatic carbocycles. The minimum Gasteiger partial charge on any atom is -0.392 e. The Morgan fingerprint density at radius 2 is 2.00 bits per heavy atom. The third-order valence-corrected chi connectivity index (χ3v) is 3.78. The van der Waals surface area contributed by atoms with Gasteiger partial charge in [0.25, 0.3) is 0 Å². The molecule has 0 atom stereocenters. The number of aliphatic hydroxyl groups excluding tert-OH is 1. The van der Waals surface area contributed by atoms with Crippen LogP contribution >= 0.6 is 0 Å². The van der Waals surface area contributed by atoms with Crippen LogP contribution in [0.25, 0.3) is 0 Å². The maximum atomic E-state index is 12.0. The molecule has 17 heavy (non-hydrogen) atoms. The second kappa shape index (κ2) is 3.82. The maximum Gasteiger partial charge on any atom is 0.243 e. The van der Waals surface area contributed by atoms with Gasteiger partial charge in [-0.25, -0.2) is 10.4 Å². The Labute approximate surface area is 100 Å². The molecule has 0 bridgehead atoms. The smallest absolute Gasteiger partial charge is 0.243 e. The molecule has 1 amide bonds. The lowest BCUT2D eigenvalue weighted by atomic mass is 9.76. The molecular formula is C13H16N2O2. The van der Waals surface area contributed by atoms with Crippen molar-refractivity contribution in [1.29, 1.82) is 0 Å². The summed E-state index contributed by atoms with van der Waals surface area (Å²) in [4.78, 5) is 12.0. The van der Waals surface area contributed by atoms with E-state index in [1.165, 1.54) is 6.42 Å². The molecule has 1 spiro atoms. The van der Waals surface area contributed by atoms with Crippen molar-refractivity contribution in [2.45, 2.75) is 37.8 Å². The minimum atomic E-state index is 0.0333. The SMILES string of the molecule is O=C1CC2(CCC2)NN1c1ccc(CO)cc1. The van der Waals surface area contributed by atoms with Gasteiger partial charge in [-0.05, 0) is 37.0 Å². The van der Waals surface area contributed by atoms with E-state index in [1.54, 1.807) is 5.01 Å². The highest BCUT2D eigenvalue weighted by Crippen LogP contribution is 2.40. The summed E-state index contributed by atoms with van der Waals surface area (Å²) in [5.41, 5.74) is 5.08. The number of carbonyl (C=O) groups is 1. The lowest BCUT2D eigenvalue weighted by Gasteiger charge is -2.37. The van der Waals surface area contributed by atoms with Crippen molar-refractivity contribution < 1.29 is 9.90 Å². The number of hydrazine groups is 1. The van der Waals surface area contributed by atoms with Crippen LogP contribution in [-0.2, 0) is 11.4 Å². The number of hydrogen-bond acceptors (Lipinski definition) is 3. The van der Waals surface area contributed by atoms with Gasteiger partial charge in [0.05, 0.1) is 12.3 Å². The molecule has 2 aliphatic rings. The first-order valence-corrected chi connectivity index (χ1v) is 6.03. The maximum absolute atomic E-state index is 12.0. The molecule has 1 saturated carbocycles. The monoisotopic (exact) mass is 232 g/mol. The first kappa shape index (κ1) is 10.7. The summed E-state index contributed by atoms with van der Waals surface area (Å²) in [5.74, 6) is 0.140. The highest BCUT2D eigenvalue weighted by Gasteiger charge is 2.47. The predicted molar refractivity (Wildman–Crippen MR) is 64.2 cm³/mol. The van der Waals surface area contributed by atoms with Crippen LogP contribution in [0.2, 0.25) is 0 Å². The van der Waals surface area contributed by atoms with E-state index in [2.05, 4.69) is 5.43 Å². The van der Waals surface area contributed by atoms with Gasteiger partial charge in [-0.2, -0.15) is 0 Å². The molecule has 90 valence electrons. The van der Waals surface area contributed by atoms with Crippen LogP contribution in [0.15, 0.2) is 24.3 Å². The number of amides is 1. The molecule has 1 aromatic rings. The topological polar surface area (TPSA) is 52.6 Å². The van der Waals surface area contributed by atoms with Gasteiger partial charge < -0.3 is 5.11 Å². The van der Waals surface area contributed by atoms with Crippen molar-refractivity contribution in [3.63, 3.8) is 0 Å². The van der Waals surface area contributed by atoms with E-state index in [0.29, 0.717) is 6.42 Å². The van der Waals surface area contributed by atoms with Crippen molar-refractivity contribution >= 4 is 11.6 Å². The van der Waals surface area contributed by atoms with Crippen LogP contribution in [0.5, 0.6) is 0 Å². The van der Waals surface area contributed by atoms with Crippen molar-refractivity contribution in [2.75, 3.05) is 5.01 Å². The standard InChI is InChI=1S/C13H16N2O2/c16-9-10-2-4-11(5-3-10)15-12(17)8-13(14-15)6-1-7-13/h2-5,14,16H,1,6-9H2. The Hall–Kier alpha value is -1.39. The Balaban J connectivity index is 1.81. The number of aliphatic hydroxyl groups is 1. The van der Waals surface area contributed by atoms with E-state index in [0.717, 1.165) is 24.1 Å². The van der Waals surface area contributed by atoms with Gasteiger partial charge >= 0.3 is 0 Å². The van der Waals surface area contributed by atoms with Crippen LogP contribution in [0.1, 0.15) is 31.2 Å². The molecule has 0 radical (unpaired) electrons. The summed E-state index contributed by atoms with van der Waals surface area (Å²) in [6, 6.07) is 7.42. The molecule has 4 nitrogen and oxygen atoms in total. The molecule has 1 aliphatic carbocycles. The average Bonchev–Trinajstić information content (AvgIpc) is 2.67. The van der Waals surface area contributed by atoms with E-state index in [9.17, 15) is 4.79 Å². The third-order valence-electron chi connectivity index (χ3n) is 3.78. The number of benzene rings is 1. The largest absolute Gasteiger partial charge is 0.392 e. The zero-order chi connectivity index (χ0) is 11.9. The van der Waals surface area contributed by atoms with E-state index in [4.69, 9.17) is 5.11 Å². The lowest BCUT2D eigenvalue weighted by molar-refractivity contribution is -0.117. The van der Waals surface area contributed by atoms with Gasteiger partial charge in [0.2, 0.25) is 5.91 Å². The fraction of sp³-hybridized carbons (Fsp3) is 0.462. The highest BCUT2D eigenvalue weighted by molar-refractivity contribution is 5.95. The van der Waals surface area contributed by atoms with Gasteiger partial charge in [-0.15, -0.1) is 0 Å². The molecule has 0 aromatic heterocycles. The normalized spacial score (nSPS) is 21.9. The summed E-state index contributed by atoms with van der Waals surface area (Å²) in [5, 5.41) is 10.6. The third kappa shape index (κ3) is 1.73. The van der Waals surface area contributed by atoms with Gasteiger partial charge in [0.1, 0.15) is 0 Å². The molecular weight excluding hydrogens is 216 g/mol. The summed E-state index contributed by atoms with van der Waals surface area (Å²) in [7, 11) is 0. The van der Waals surface area contributed by atoms with Crippen LogP contribution in [0, 0.1) is 0 Å². The summed E-state index contributed by atoms with van der Waals surface area (Å²) >= 11 is 0. The van der Waals surface area contributed by atoms with Crippen LogP contribution in [0.3, 0.4) is 0 Å². The number of hydrogen-bond donors (Lipinski definition) is 2. The first-order chi connectivity index (χ1) is 8.22. The summed E-state index contributed by atoms with van der Waals surface area (Å²) < 4.78 is 0. The van der Waals surface area contributed by atoms with Crippen molar-refractivity contribution in [3.8, 4) is 0 Å². The number of rotatable bonds is 2. The second-order valence-corrected chi connectivity index (χ2v) is 4.98. The Morgan fingerprint density at radius 1 is 1.29 bits per heavy atom. The van der Waals surface area contributed by atoms with Crippen molar-refractivity contribution in [2.24, 2.45) is 0 Å². The highest BCUT2D eigenvalue weighted by atomic mass is 16.3. The quantitative estimate of drug-likeness (QED) is 0.809. The van der Waals surface area contributed by atoms with E-state index in [-0.39, 0.29) is 18.1 Å². The molecule has 4 heteroatoms. The Morgan fingerprint density at radius 3 is 2.47 bits per heavy atom. The van der Waals surface area contributed by atoms with Crippen LogP contribution in [0.4, 0.5) is 5.69 Å². The van der Waals surface area contributed by atoms with Gasteiger partial charge in [0, 0.05) is 12.0 Å². The van der Waals surface area contributed by atoms with Crippen LogP contribution in [-0.4, -0.2) is 16.6 Å². The van der Waals surface area contributed by atoms with E-state index >= 15 is 0 Å². The second-order valence-electron chi connectivity index (χ2n) is 4.98. The fourth-order valence-corrected chi connectivity index (χ4v) is 2.56. The molecule has 1 saturated heterocycles. The molecule has 2 N–H and O–H groups in total. The zero-order valence-electron chi connectivity index (χ0n) is 9.65. The molecule has 0 unspecified atom stereocenters. The van der Waals surface area contributed by atoms with Crippen LogP contribution < -0.4 is 10.4 Å². The first-order valence-electron chi connectivity index (χ1n) is 6.03. The van der Waals surface area contributed by atoms with Gasteiger partial charge in [-0.1, -0.05) is 12.1 Å². The number of nitrogens with zero attached hydrogens (tertiary/aromatic N) is 1. The zero-order valence-corrected chi connectivity index (χ0v) is 9.65. The fourth-order valence-electron chi connectivity index (χ4n) is 2.56. The predicted octanol–water partition coefficient (Wildman–Crippen LogP) is 1.34. The average molecular weight is 232 g/mol. The number of anilines is 1. The summed E-state index contributed by atoms with van der Waals surface area (Å²) in [6.07, 6.45) is 3.99. The Bertz CT molecular complexity index is 437. The number of nitrogens with one attached hydrogen (secondary N) is 1. The molecule has 2 fully saturated rings. The van der Waals surface area contributed by atoms with Gasteiger partial charge in [0.15, 0.2) is 0 Å². The Kier molecular flexibility index (Phi) is 2.42. The molecule has 1 heterocycles. The number of carbonyl (C=O) groups excluding carboxylic acids is 1. The van der Waals surface area contributed by atoms with E-state index < -0.39 is 0 Å². The van der Waals surface area contributed by atoms with Crippen molar-refractivity contribution in [3.05, 3.63) is 29.8 Å². The molecule has 3 rings (SSSR count).